The van der Waals surface area contributed by atoms with Crippen molar-refractivity contribution in [1.29, 1.82) is 0 Å². The van der Waals surface area contributed by atoms with Crippen molar-refractivity contribution in [3.63, 3.8) is 0 Å². The average Bonchev–Trinajstić information content (AvgIpc) is 2.47. The fourth-order valence-electron chi connectivity index (χ4n) is 2.46. The van der Waals surface area contributed by atoms with Crippen molar-refractivity contribution < 1.29 is 9.90 Å². The normalized spacial score (nSPS) is 22.3. The van der Waals surface area contributed by atoms with Gasteiger partial charge in [0.25, 0.3) is 5.91 Å². The highest BCUT2D eigenvalue weighted by Crippen LogP contribution is 2.19. The van der Waals surface area contributed by atoms with Crippen molar-refractivity contribution in [2.45, 2.75) is 51.2 Å². The lowest BCUT2D eigenvalue weighted by atomic mass is 9.93. The molecule has 0 aromatic carbocycles. The Morgan fingerprint density at radius 1 is 1.40 bits per heavy atom. The van der Waals surface area contributed by atoms with E-state index in [2.05, 4.69) is 22.5 Å². The summed E-state index contributed by atoms with van der Waals surface area (Å²) in [5.41, 5.74) is 0.590. The van der Waals surface area contributed by atoms with E-state index in [1.54, 1.807) is 18.3 Å². The molecule has 2 rings (SSSR count). The zero-order valence-electron chi connectivity index (χ0n) is 11.9. The van der Waals surface area contributed by atoms with Crippen molar-refractivity contribution in [2.75, 3.05) is 11.9 Å². The summed E-state index contributed by atoms with van der Waals surface area (Å²) in [5.74, 6) is 0.556. The number of anilines is 1. The number of pyridine rings is 1. The summed E-state index contributed by atoms with van der Waals surface area (Å²) >= 11 is 0. The molecule has 3 N–H and O–H groups in total. The summed E-state index contributed by atoms with van der Waals surface area (Å²) in [6, 6.07) is 3.72. The first-order valence-electron chi connectivity index (χ1n) is 7.38. The van der Waals surface area contributed by atoms with E-state index < -0.39 is 0 Å². The van der Waals surface area contributed by atoms with E-state index in [0.717, 1.165) is 38.6 Å². The minimum Gasteiger partial charge on any atom is -0.393 e. The number of nitrogens with zero attached hydrogens (tertiary/aromatic N) is 1. The second-order valence-corrected chi connectivity index (χ2v) is 5.31. The molecule has 0 unspecified atom stereocenters. The molecule has 1 aliphatic carbocycles. The second-order valence-electron chi connectivity index (χ2n) is 5.31. The van der Waals surface area contributed by atoms with Gasteiger partial charge in [0.1, 0.15) is 5.82 Å². The van der Waals surface area contributed by atoms with Crippen LogP contribution in [0.5, 0.6) is 0 Å². The topological polar surface area (TPSA) is 74.2 Å². The summed E-state index contributed by atoms with van der Waals surface area (Å²) in [4.78, 5) is 16.6. The minimum atomic E-state index is -0.205. The summed E-state index contributed by atoms with van der Waals surface area (Å²) in [6.07, 6.45) is 5.67. The molecule has 5 heteroatoms. The number of carbonyl (C=O) groups is 1. The van der Waals surface area contributed by atoms with Gasteiger partial charge in [0.2, 0.25) is 0 Å². The van der Waals surface area contributed by atoms with E-state index >= 15 is 0 Å². The number of rotatable bonds is 5. The maximum Gasteiger partial charge on any atom is 0.255 e. The SMILES string of the molecule is CCCNc1ncccc1C(=O)NC1CCC(O)CC1. The first-order chi connectivity index (χ1) is 9.70. The van der Waals surface area contributed by atoms with Gasteiger partial charge in [-0.15, -0.1) is 0 Å². The van der Waals surface area contributed by atoms with Crippen LogP contribution in [-0.4, -0.2) is 34.7 Å². The Bertz CT molecular complexity index is 442. The number of aliphatic hydroxyl groups is 1. The van der Waals surface area contributed by atoms with Crippen LogP contribution in [0.2, 0.25) is 0 Å². The van der Waals surface area contributed by atoms with Gasteiger partial charge in [-0.2, -0.15) is 0 Å². The molecule has 0 radical (unpaired) electrons. The zero-order chi connectivity index (χ0) is 14.4. The smallest absolute Gasteiger partial charge is 0.255 e. The number of aliphatic hydroxyl groups excluding tert-OH is 1. The zero-order valence-corrected chi connectivity index (χ0v) is 11.9. The molecule has 5 nitrogen and oxygen atoms in total. The summed E-state index contributed by atoms with van der Waals surface area (Å²) in [6.45, 7) is 2.87. The van der Waals surface area contributed by atoms with Crippen LogP contribution in [0.25, 0.3) is 0 Å². The Kier molecular flexibility index (Phi) is 5.35. The quantitative estimate of drug-likeness (QED) is 0.769. The van der Waals surface area contributed by atoms with Crippen molar-refractivity contribution in [3.05, 3.63) is 23.9 Å². The molecule has 0 spiro atoms. The molecule has 0 aliphatic heterocycles. The molecule has 0 bridgehead atoms. The van der Waals surface area contributed by atoms with Crippen molar-refractivity contribution in [1.82, 2.24) is 10.3 Å². The predicted octanol–water partition coefficient (Wildman–Crippen LogP) is 1.94. The molecule has 20 heavy (non-hydrogen) atoms. The molecule has 0 atom stereocenters. The fraction of sp³-hybridized carbons (Fsp3) is 0.600. The van der Waals surface area contributed by atoms with Crippen LogP contribution in [0.1, 0.15) is 49.4 Å². The van der Waals surface area contributed by atoms with Crippen LogP contribution in [0, 0.1) is 0 Å². The molecule has 1 aliphatic rings. The molecular formula is C15H23N3O2. The van der Waals surface area contributed by atoms with Crippen molar-refractivity contribution >= 4 is 11.7 Å². The fourth-order valence-corrected chi connectivity index (χ4v) is 2.46. The van der Waals surface area contributed by atoms with Gasteiger partial charge >= 0.3 is 0 Å². The molecular weight excluding hydrogens is 254 g/mol. The maximum absolute atomic E-state index is 12.3. The molecule has 1 aromatic rings. The van der Waals surface area contributed by atoms with E-state index in [1.165, 1.54) is 0 Å². The van der Waals surface area contributed by atoms with Gasteiger partial charge in [0.05, 0.1) is 11.7 Å². The van der Waals surface area contributed by atoms with Crippen LogP contribution in [0.3, 0.4) is 0 Å². The van der Waals surface area contributed by atoms with Gasteiger partial charge in [-0.05, 0) is 44.2 Å². The standard InChI is InChI=1S/C15H23N3O2/c1-2-9-16-14-13(4-3-10-17-14)15(20)18-11-5-7-12(19)8-6-11/h3-4,10-12,19H,2,5-9H2,1H3,(H,16,17)(H,18,20). The van der Waals surface area contributed by atoms with E-state index in [4.69, 9.17) is 0 Å². The highest BCUT2D eigenvalue weighted by Gasteiger charge is 2.22. The van der Waals surface area contributed by atoms with Gasteiger partial charge < -0.3 is 15.7 Å². The highest BCUT2D eigenvalue weighted by atomic mass is 16.3. The van der Waals surface area contributed by atoms with Gasteiger partial charge in [-0.1, -0.05) is 6.92 Å². The lowest BCUT2D eigenvalue weighted by Gasteiger charge is -2.26. The highest BCUT2D eigenvalue weighted by molar-refractivity contribution is 5.98. The third-order valence-corrected chi connectivity index (χ3v) is 3.63. The third-order valence-electron chi connectivity index (χ3n) is 3.63. The average molecular weight is 277 g/mol. The number of hydrogen-bond donors (Lipinski definition) is 3. The van der Waals surface area contributed by atoms with E-state index in [-0.39, 0.29) is 18.1 Å². The largest absolute Gasteiger partial charge is 0.393 e. The van der Waals surface area contributed by atoms with E-state index in [0.29, 0.717) is 11.4 Å². The maximum atomic E-state index is 12.3. The first-order valence-corrected chi connectivity index (χ1v) is 7.38. The van der Waals surface area contributed by atoms with Crippen LogP contribution in [-0.2, 0) is 0 Å². The molecule has 1 heterocycles. The minimum absolute atomic E-state index is 0.0851. The predicted molar refractivity (Wildman–Crippen MR) is 78.7 cm³/mol. The Balaban J connectivity index is 1.98. The number of nitrogens with one attached hydrogen (secondary N) is 2. The van der Waals surface area contributed by atoms with Gasteiger partial charge in [0.15, 0.2) is 0 Å². The number of hydrogen-bond acceptors (Lipinski definition) is 4. The second kappa shape index (κ2) is 7.24. The van der Waals surface area contributed by atoms with Crippen LogP contribution >= 0.6 is 0 Å². The lowest BCUT2D eigenvalue weighted by molar-refractivity contribution is 0.0868. The van der Waals surface area contributed by atoms with Gasteiger partial charge in [-0.25, -0.2) is 4.98 Å². The molecule has 1 aromatic heterocycles. The Morgan fingerprint density at radius 3 is 2.85 bits per heavy atom. The first kappa shape index (κ1) is 14.8. The Morgan fingerprint density at radius 2 is 2.15 bits per heavy atom. The number of aromatic nitrogens is 1. The van der Waals surface area contributed by atoms with Crippen molar-refractivity contribution in [2.24, 2.45) is 0 Å². The summed E-state index contributed by atoms with van der Waals surface area (Å²) in [5, 5.41) is 15.7. The molecule has 1 amide bonds. The van der Waals surface area contributed by atoms with Crippen molar-refractivity contribution in [3.8, 4) is 0 Å². The lowest BCUT2D eigenvalue weighted by Crippen LogP contribution is -2.38. The molecule has 1 fully saturated rings. The summed E-state index contributed by atoms with van der Waals surface area (Å²) in [7, 11) is 0. The van der Waals surface area contributed by atoms with Gasteiger partial charge in [-0.3, -0.25) is 4.79 Å². The van der Waals surface area contributed by atoms with Crippen LogP contribution < -0.4 is 10.6 Å². The molecule has 0 saturated heterocycles. The van der Waals surface area contributed by atoms with Gasteiger partial charge in [0, 0.05) is 18.8 Å². The Labute approximate surface area is 119 Å². The summed E-state index contributed by atoms with van der Waals surface area (Å²) < 4.78 is 0. The Hall–Kier alpha value is -1.62. The molecule has 110 valence electrons. The number of carbonyl (C=O) groups excluding carboxylic acids is 1. The monoisotopic (exact) mass is 277 g/mol. The van der Waals surface area contributed by atoms with E-state index in [9.17, 15) is 9.90 Å². The number of amides is 1. The molecule has 1 saturated carbocycles. The van der Waals surface area contributed by atoms with Crippen LogP contribution in [0.4, 0.5) is 5.82 Å². The third kappa shape index (κ3) is 3.93. The van der Waals surface area contributed by atoms with Crippen LogP contribution in [0.15, 0.2) is 18.3 Å². The van der Waals surface area contributed by atoms with E-state index in [1.807, 2.05) is 0 Å².